The fraction of sp³-hybridized carbons (Fsp3) is 0.130. The lowest BCUT2D eigenvalue weighted by molar-refractivity contribution is 0.0955. The number of aromatic nitrogens is 1. The van der Waals surface area contributed by atoms with Gasteiger partial charge in [0.25, 0.3) is 11.5 Å². The van der Waals surface area contributed by atoms with E-state index in [2.05, 4.69) is 5.32 Å². The van der Waals surface area contributed by atoms with Crippen molar-refractivity contribution in [2.45, 2.75) is 20.0 Å². The van der Waals surface area contributed by atoms with E-state index in [4.69, 9.17) is 0 Å². The number of rotatable bonds is 5. The van der Waals surface area contributed by atoms with Crippen LogP contribution in [0, 0.1) is 6.92 Å². The zero-order valence-electron chi connectivity index (χ0n) is 15.5. The van der Waals surface area contributed by atoms with Crippen LogP contribution in [0.3, 0.4) is 0 Å². The maximum absolute atomic E-state index is 12.8. The molecule has 0 bridgehead atoms. The zero-order chi connectivity index (χ0) is 19.5. The van der Waals surface area contributed by atoms with Crippen LogP contribution in [-0.4, -0.2) is 10.5 Å². The second-order valence-electron chi connectivity index (χ2n) is 6.79. The number of amides is 1. The maximum atomic E-state index is 12.8. The predicted molar refractivity (Wildman–Crippen MR) is 114 cm³/mol. The molecule has 2 aromatic carbocycles. The SMILES string of the molecule is Cc1ccc(CNC(=O)c2cc3c(=O)n(Cc4ccccc4)ccc3s2)cc1. The van der Waals surface area contributed by atoms with Crippen LogP contribution in [0.1, 0.15) is 26.4 Å². The Bertz CT molecular complexity index is 1170. The van der Waals surface area contributed by atoms with Crippen LogP contribution in [0.2, 0.25) is 0 Å². The van der Waals surface area contributed by atoms with E-state index < -0.39 is 0 Å². The van der Waals surface area contributed by atoms with Gasteiger partial charge in [-0.2, -0.15) is 0 Å². The van der Waals surface area contributed by atoms with Crippen LogP contribution in [-0.2, 0) is 13.1 Å². The molecule has 0 aliphatic heterocycles. The van der Waals surface area contributed by atoms with Crippen molar-refractivity contribution in [2.24, 2.45) is 0 Å². The predicted octanol–water partition coefficient (Wildman–Crippen LogP) is 4.35. The third-order valence-corrected chi connectivity index (χ3v) is 5.75. The summed E-state index contributed by atoms with van der Waals surface area (Å²) < 4.78 is 2.51. The van der Waals surface area contributed by atoms with Gasteiger partial charge in [0, 0.05) is 17.4 Å². The van der Waals surface area contributed by atoms with E-state index in [9.17, 15) is 9.59 Å². The van der Waals surface area contributed by atoms with Gasteiger partial charge in [0.05, 0.1) is 16.8 Å². The molecule has 28 heavy (non-hydrogen) atoms. The smallest absolute Gasteiger partial charge is 0.261 e. The number of thiophene rings is 1. The number of pyridine rings is 1. The lowest BCUT2D eigenvalue weighted by Crippen LogP contribution is -2.22. The van der Waals surface area contributed by atoms with Gasteiger partial charge in [-0.05, 0) is 30.2 Å². The molecule has 0 radical (unpaired) electrons. The largest absolute Gasteiger partial charge is 0.347 e. The Kier molecular flexibility index (Phi) is 5.08. The first-order valence-corrected chi connectivity index (χ1v) is 9.92. The Morgan fingerprint density at radius 3 is 2.50 bits per heavy atom. The third kappa shape index (κ3) is 3.89. The average Bonchev–Trinajstić information content (AvgIpc) is 3.16. The minimum absolute atomic E-state index is 0.0739. The molecule has 4 nitrogen and oxygen atoms in total. The summed E-state index contributed by atoms with van der Waals surface area (Å²) in [7, 11) is 0. The van der Waals surface area contributed by atoms with Gasteiger partial charge in [0.2, 0.25) is 0 Å². The normalized spacial score (nSPS) is 10.9. The molecule has 0 aliphatic carbocycles. The second-order valence-corrected chi connectivity index (χ2v) is 7.88. The van der Waals surface area contributed by atoms with Crippen molar-refractivity contribution in [2.75, 3.05) is 0 Å². The Morgan fingerprint density at radius 2 is 1.75 bits per heavy atom. The highest BCUT2D eigenvalue weighted by Crippen LogP contribution is 2.23. The van der Waals surface area contributed by atoms with E-state index in [0.29, 0.717) is 23.4 Å². The van der Waals surface area contributed by atoms with Crippen molar-refractivity contribution in [1.29, 1.82) is 0 Å². The van der Waals surface area contributed by atoms with Crippen molar-refractivity contribution in [3.63, 3.8) is 0 Å². The van der Waals surface area contributed by atoms with Gasteiger partial charge >= 0.3 is 0 Å². The third-order valence-electron chi connectivity index (χ3n) is 4.65. The van der Waals surface area contributed by atoms with Crippen molar-refractivity contribution < 1.29 is 4.79 Å². The second kappa shape index (κ2) is 7.82. The molecule has 0 fully saturated rings. The van der Waals surface area contributed by atoms with Gasteiger partial charge in [-0.3, -0.25) is 9.59 Å². The van der Waals surface area contributed by atoms with Crippen molar-refractivity contribution in [3.8, 4) is 0 Å². The summed E-state index contributed by atoms with van der Waals surface area (Å²) in [4.78, 5) is 25.9. The first-order chi connectivity index (χ1) is 13.6. The van der Waals surface area contributed by atoms with Crippen LogP contribution in [0.15, 0.2) is 77.7 Å². The molecular formula is C23H20N2O2S. The molecule has 5 heteroatoms. The van der Waals surface area contributed by atoms with E-state index >= 15 is 0 Å². The molecule has 0 saturated heterocycles. The Hall–Kier alpha value is -3.18. The van der Waals surface area contributed by atoms with Crippen LogP contribution < -0.4 is 10.9 Å². The first-order valence-electron chi connectivity index (χ1n) is 9.11. The molecule has 2 heterocycles. The molecule has 0 unspecified atom stereocenters. The molecule has 140 valence electrons. The highest BCUT2D eigenvalue weighted by Gasteiger charge is 2.13. The monoisotopic (exact) mass is 388 g/mol. The van der Waals surface area contributed by atoms with Crippen LogP contribution in [0.4, 0.5) is 0 Å². The summed E-state index contributed by atoms with van der Waals surface area (Å²) in [5.41, 5.74) is 3.22. The standard InChI is InChI=1S/C23H20N2O2S/c1-16-7-9-17(10-8-16)14-24-22(26)21-13-19-20(28-21)11-12-25(23(19)27)15-18-5-3-2-4-6-18/h2-13H,14-15H2,1H3,(H,24,26). The molecule has 0 spiro atoms. The molecule has 0 aliphatic rings. The topological polar surface area (TPSA) is 51.1 Å². The Balaban J connectivity index is 1.53. The number of carbonyl (C=O) groups excluding carboxylic acids is 1. The first kappa shape index (κ1) is 18.2. The summed E-state index contributed by atoms with van der Waals surface area (Å²) in [6.07, 6.45) is 1.79. The van der Waals surface area contributed by atoms with Crippen molar-refractivity contribution >= 4 is 27.3 Å². The van der Waals surface area contributed by atoms with Gasteiger partial charge in [0.15, 0.2) is 0 Å². The Labute approximate surface area is 167 Å². The molecule has 1 N–H and O–H groups in total. The van der Waals surface area contributed by atoms with Crippen molar-refractivity contribution in [3.05, 3.63) is 105 Å². The quantitative estimate of drug-likeness (QED) is 0.553. The summed E-state index contributed by atoms with van der Waals surface area (Å²) >= 11 is 1.35. The van der Waals surface area contributed by atoms with Crippen LogP contribution in [0.5, 0.6) is 0 Å². The van der Waals surface area contributed by atoms with Crippen LogP contribution in [0.25, 0.3) is 10.1 Å². The van der Waals surface area contributed by atoms with Crippen LogP contribution >= 0.6 is 11.3 Å². The number of nitrogens with zero attached hydrogens (tertiary/aromatic N) is 1. The highest BCUT2D eigenvalue weighted by molar-refractivity contribution is 7.20. The molecule has 2 aromatic heterocycles. The number of benzene rings is 2. The molecular weight excluding hydrogens is 368 g/mol. The fourth-order valence-corrected chi connectivity index (χ4v) is 4.03. The van der Waals surface area contributed by atoms with Gasteiger partial charge in [0.1, 0.15) is 0 Å². The molecule has 1 amide bonds. The Morgan fingerprint density at radius 1 is 1.00 bits per heavy atom. The van der Waals surface area contributed by atoms with E-state index in [1.54, 1.807) is 16.8 Å². The zero-order valence-corrected chi connectivity index (χ0v) is 16.3. The maximum Gasteiger partial charge on any atom is 0.261 e. The fourth-order valence-electron chi connectivity index (χ4n) is 3.07. The minimum atomic E-state index is -0.157. The van der Waals surface area contributed by atoms with E-state index in [1.807, 2.05) is 67.6 Å². The average molecular weight is 388 g/mol. The van der Waals surface area contributed by atoms with E-state index in [0.717, 1.165) is 15.8 Å². The minimum Gasteiger partial charge on any atom is -0.347 e. The van der Waals surface area contributed by atoms with Crippen molar-refractivity contribution in [1.82, 2.24) is 9.88 Å². The number of fused-ring (bicyclic) bond motifs is 1. The summed E-state index contributed by atoms with van der Waals surface area (Å²) in [5, 5.41) is 3.52. The van der Waals surface area contributed by atoms with E-state index in [-0.39, 0.29) is 11.5 Å². The molecule has 4 rings (SSSR count). The number of carbonyl (C=O) groups is 1. The summed E-state index contributed by atoms with van der Waals surface area (Å²) in [5.74, 6) is -0.157. The van der Waals surface area contributed by atoms with E-state index in [1.165, 1.54) is 16.9 Å². The number of hydrogen-bond donors (Lipinski definition) is 1. The lowest BCUT2D eigenvalue weighted by Gasteiger charge is -2.05. The van der Waals surface area contributed by atoms with Gasteiger partial charge in [-0.25, -0.2) is 0 Å². The lowest BCUT2D eigenvalue weighted by atomic mass is 10.1. The van der Waals surface area contributed by atoms with Gasteiger partial charge in [-0.1, -0.05) is 60.2 Å². The highest BCUT2D eigenvalue weighted by atomic mass is 32.1. The summed E-state index contributed by atoms with van der Waals surface area (Å²) in [6, 6.07) is 21.5. The summed E-state index contributed by atoms with van der Waals surface area (Å²) in [6.45, 7) is 3.01. The van der Waals surface area contributed by atoms with Gasteiger partial charge < -0.3 is 9.88 Å². The number of hydrogen-bond acceptors (Lipinski definition) is 3. The van der Waals surface area contributed by atoms with Gasteiger partial charge in [-0.15, -0.1) is 11.3 Å². The number of nitrogens with one attached hydrogen (secondary N) is 1. The molecule has 4 aromatic rings. The number of aryl methyl sites for hydroxylation is 1. The molecule has 0 saturated carbocycles. The molecule has 0 atom stereocenters.